The molecule has 0 saturated carbocycles. The van der Waals surface area contributed by atoms with Gasteiger partial charge in [0, 0.05) is 17.1 Å². The Kier molecular flexibility index (Phi) is 3.09. The van der Waals surface area contributed by atoms with Crippen LogP contribution in [0.1, 0.15) is 5.56 Å². The Morgan fingerprint density at radius 3 is 2.65 bits per heavy atom. The molecular weight excluding hydrogens is 261 g/mol. The summed E-state index contributed by atoms with van der Waals surface area (Å²) in [5, 5.41) is 1.01. The predicted molar refractivity (Wildman–Crippen MR) is 68.8 cm³/mol. The van der Waals surface area contributed by atoms with E-state index in [4.69, 9.17) is 28.9 Å². The number of likely N-dealkylation sites (N-methyl/N-ethyl adjacent to an activating group) is 1. The highest BCUT2D eigenvalue weighted by Gasteiger charge is 2.24. The third kappa shape index (κ3) is 2.28. The van der Waals surface area contributed by atoms with Gasteiger partial charge in [-0.15, -0.1) is 0 Å². The van der Waals surface area contributed by atoms with E-state index in [9.17, 15) is 4.79 Å². The molecule has 2 rings (SSSR count). The van der Waals surface area contributed by atoms with Crippen LogP contribution < -0.4 is 5.73 Å². The Balaban J connectivity index is 2.41. The molecule has 0 bridgehead atoms. The summed E-state index contributed by atoms with van der Waals surface area (Å²) in [5.74, 6) is -0.206. The number of benzene rings is 1. The first-order chi connectivity index (χ1) is 7.99. The molecule has 4 nitrogen and oxygen atoms in total. The van der Waals surface area contributed by atoms with Gasteiger partial charge < -0.3 is 10.6 Å². The minimum absolute atomic E-state index is 0.173. The number of carbonyl (C=O) groups excluding carboxylic acids is 1. The monoisotopic (exact) mass is 269 g/mol. The quantitative estimate of drug-likeness (QED) is 0.795. The van der Waals surface area contributed by atoms with Gasteiger partial charge >= 0.3 is 0 Å². The summed E-state index contributed by atoms with van der Waals surface area (Å²) in [6, 6.07) is 5.04. The fraction of sp³-hybridized carbons (Fsp3) is 0.0909. The number of aliphatic imine (C=N–C) groups is 1. The van der Waals surface area contributed by atoms with Crippen LogP contribution in [0.4, 0.5) is 0 Å². The lowest BCUT2D eigenvalue weighted by molar-refractivity contribution is -0.114. The van der Waals surface area contributed by atoms with Crippen molar-refractivity contribution < 1.29 is 4.79 Å². The molecule has 1 heterocycles. The maximum atomic E-state index is 11.5. The third-order valence-corrected chi connectivity index (χ3v) is 2.96. The maximum Gasteiger partial charge on any atom is 0.296 e. The van der Waals surface area contributed by atoms with Crippen molar-refractivity contribution in [3.8, 4) is 0 Å². The van der Waals surface area contributed by atoms with Gasteiger partial charge in [-0.05, 0) is 23.8 Å². The molecule has 0 saturated heterocycles. The van der Waals surface area contributed by atoms with Crippen LogP contribution in [0.3, 0.4) is 0 Å². The Morgan fingerprint density at radius 2 is 2.12 bits per heavy atom. The van der Waals surface area contributed by atoms with E-state index in [-0.39, 0.29) is 11.9 Å². The normalized spacial score (nSPS) is 17.8. The number of nitrogens with two attached hydrogens (primary N) is 1. The predicted octanol–water partition coefficient (Wildman–Crippen LogP) is 2.12. The Morgan fingerprint density at radius 1 is 1.41 bits per heavy atom. The summed E-state index contributed by atoms with van der Waals surface area (Å²) in [4.78, 5) is 16.7. The number of carbonyl (C=O) groups is 1. The van der Waals surface area contributed by atoms with Gasteiger partial charge in [0.25, 0.3) is 5.91 Å². The molecular formula is C11H9Cl2N3O. The van der Waals surface area contributed by atoms with Crippen LogP contribution in [0.2, 0.25) is 10.0 Å². The van der Waals surface area contributed by atoms with Crippen LogP contribution in [0, 0.1) is 0 Å². The fourth-order valence-corrected chi connectivity index (χ4v) is 1.89. The zero-order chi connectivity index (χ0) is 12.6. The lowest BCUT2D eigenvalue weighted by Gasteiger charge is -2.11. The molecule has 17 heavy (non-hydrogen) atoms. The highest BCUT2D eigenvalue weighted by Crippen LogP contribution is 2.25. The van der Waals surface area contributed by atoms with Crippen LogP contribution in [0.15, 0.2) is 28.9 Å². The molecule has 6 heteroatoms. The minimum Gasteiger partial charge on any atom is -0.369 e. The first-order valence-corrected chi connectivity index (χ1v) is 5.53. The number of hydrogen-bond acceptors (Lipinski definition) is 3. The number of nitrogens with zero attached hydrogens (tertiary/aromatic N) is 2. The average molecular weight is 270 g/mol. The van der Waals surface area contributed by atoms with Crippen molar-refractivity contribution in [1.29, 1.82) is 0 Å². The molecule has 0 spiro atoms. The molecule has 88 valence electrons. The fourth-order valence-electron chi connectivity index (χ4n) is 1.43. The topological polar surface area (TPSA) is 58.7 Å². The minimum atomic E-state index is -0.379. The van der Waals surface area contributed by atoms with Crippen LogP contribution in [0.25, 0.3) is 6.08 Å². The number of rotatable bonds is 1. The standard InChI is InChI=1S/C11H9Cl2N3O/c1-16-9(10(17)15-11(16)14)4-6-2-3-7(12)5-8(6)13/h2-5H,1H3,(H2,14,15,17)/b9-4+. The van der Waals surface area contributed by atoms with Gasteiger partial charge in [0.2, 0.25) is 5.96 Å². The first kappa shape index (κ1) is 12.0. The Hall–Kier alpha value is -1.52. The van der Waals surface area contributed by atoms with Crippen molar-refractivity contribution in [3.05, 3.63) is 39.5 Å². The molecule has 0 radical (unpaired) electrons. The van der Waals surface area contributed by atoms with Gasteiger partial charge in [0.05, 0.1) is 0 Å². The van der Waals surface area contributed by atoms with E-state index in [2.05, 4.69) is 4.99 Å². The lowest BCUT2D eigenvalue weighted by atomic mass is 10.2. The highest BCUT2D eigenvalue weighted by molar-refractivity contribution is 6.35. The highest BCUT2D eigenvalue weighted by atomic mass is 35.5. The first-order valence-electron chi connectivity index (χ1n) is 4.78. The van der Waals surface area contributed by atoms with E-state index in [0.717, 1.165) is 0 Å². The van der Waals surface area contributed by atoms with Gasteiger partial charge in [0.1, 0.15) is 5.70 Å². The maximum absolute atomic E-state index is 11.5. The molecule has 1 aromatic rings. The van der Waals surface area contributed by atoms with E-state index in [1.807, 2.05) is 0 Å². The van der Waals surface area contributed by atoms with Crippen LogP contribution >= 0.6 is 23.2 Å². The van der Waals surface area contributed by atoms with Gasteiger partial charge in [-0.2, -0.15) is 4.99 Å². The number of halogens is 2. The van der Waals surface area contributed by atoms with E-state index < -0.39 is 0 Å². The van der Waals surface area contributed by atoms with Crippen molar-refractivity contribution >= 4 is 41.1 Å². The van der Waals surface area contributed by atoms with E-state index in [1.165, 1.54) is 4.90 Å². The molecule has 0 aromatic heterocycles. The van der Waals surface area contributed by atoms with Crippen LogP contribution in [0.5, 0.6) is 0 Å². The average Bonchev–Trinajstić information content (AvgIpc) is 2.48. The molecule has 1 aliphatic heterocycles. The summed E-state index contributed by atoms with van der Waals surface area (Å²) < 4.78 is 0. The zero-order valence-electron chi connectivity index (χ0n) is 8.95. The van der Waals surface area contributed by atoms with Crippen molar-refractivity contribution in [3.63, 3.8) is 0 Å². The summed E-state index contributed by atoms with van der Waals surface area (Å²) in [7, 11) is 1.67. The van der Waals surface area contributed by atoms with Gasteiger partial charge in [-0.3, -0.25) is 4.79 Å². The molecule has 1 amide bonds. The molecule has 0 fully saturated rings. The van der Waals surface area contributed by atoms with Crippen molar-refractivity contribution in [1.82, 2.24) is 4.90 Å². The lowest BCUT2D eigenvalue weighted by Crippen LogP contribution is -2.28. The second-order valence-corrected chi connectivity index (χ2v) is 4.37. The number of hydrogen-bond donors (Lipinski definition) is 1. The van der Waals surface area contributed by atoms with Crippen LogP contribution in [-0.4, -0.2) is 23.8 Å². The second kappa shape index (κ2) is 4.39. The van der Waals surface area contributed by atoms with Gasteiger partial charge in [-0.25, -0.2) is 0 Å². The van der Waals surface area contributed by atoms with Crippen molar-refractivity contribution in [2.24, 2.45) is 10.7 Å². The third-order valence-electron chi connectivity index (χ3n) is 2.39. The zero-order valence-corrected chi connectivity index (χ0v) is 10.5. The molecule has 1 aliphatic rings. The van der Waals surface area contributed by atoms with Gasteiger partial charge in [0.15, 0.2) is 0 Å². The molecule has 0 unspecified atom stereocenters. The summed E-state index contributed by atoms with van der Waals surface area (Å²) in [6.07, 6.45) is 1.63. The van der Waals surface area contributed by atoms with Crippen molar-refractivity contribution in [2.45, 2.75) is 0 Å². The van der Waals surface area contributed by atoms with E-state index in [0.29, 0.717) is 21.3 Å². The second-order valence-electron chi connectivity index (χ2n) is 3.53. The molecule has 0 aliphatic carbocycles. The molecule has 1 aromatic carbocycles. The Bertz CT molecular complexity index is 552. The number of amides is 1. The van der Waals surface area contributed by atoms with Crippen molar-refractivity contribution in [2.75, 3.05) is 7.05 Å². The SMILES string of the molecule is CN1C(N)=NC(=O)/C1=C\c1ccc(Cl)cc1Cl. The summed E-state index contributed by atoms with van der Waals surface area (Å²) in [5.41, 5.74) is 6.61. The Labute approximate surface area is 108 Å². The smallest absolute Gasteiger partial charge is 0.296 e. The van der Waals surface area contributed by atoms with Gasteiger partial charge in [-0.1, -0.05) is 29.3 Å². The van der Waals surface area contributed by atoms with Crippen LogP contribution in [-0.2, 0) is 4.79 Å². The largest absolute Gasteiger partial charge is 0.369 e. The van der Waals surface area contributed by atoms with E-state index in [1.54, 1.807) is 31.3 Å². The molecule has 0 atom stereocenters. The summed E-state index contributed by atoms with van der Waals surface area (Å²) >= 11 is 11.8. The van der Waals surface area contributed by atoms with E-state index >= 15 is 0 Å². The number of guanidine groups is 1. The summed E-state index contributed by atoms with van der Waals surface area (Å²) in [6.45, 7) is 0. The molecule has 2 N–H and O–H groups in total.